The van der Waals surface area contributed by atoms with E-state index < -0.39 is 13.9 Å². The maximum absolute atomic E-state index is 11.8. The van der Waals surface area contributed by atoms with E-state index in [1.54, 1.807) is 0 Å². The van der Waals surface area contributed by atoms with Gasteiger partial charge in [0.15, 0.2) is 8.32 Å². The number of unbranched alkanes of at least 4 members (excludes halogenated alkanes) is 2. The minimum absolute atomic E-state index is 0.0144. The molecule has 1 N–H and O–H groups in total. The summed E-state index contributed by atoms with van der Waals surface area (Å²) in [5, 5.41) is 10.7. The molecule has 1 aliphatic carbocycles. The fraction of sp³-hybridized carbons (Fsp3) is 0.864. The van der Waals surface area contributed by atoms with Gasteiger partial charge in [-0.05, 0) is 31.5 Å². The molecule has 1 saturated heterocycles. The van der Waals surface area contributed by atoms with Gasteiger partial charge in [0, 0.05) is 18.3 Å². The number of ether oxygens (including phenoxy) is 1. The fourth-order valence-corrected chi connectivity index (χ4v) is 7.64. The maximum Gasteiger partial charge on any atom is 0.306 e. The largest absolute Gasteiger partial charge is 0.462 e. The highest BCUT2D eigenvalue weighted by atomic mass is 28.4. The van der Waals surface area contributed by atoms with E-state index in [2.05, 4.69) is 33.8 Å². The molecule has 0 bridgehead atoms. The lowest BCUT2D eigenvalue weighted by molar-refractivity contribution is -0.141. The molecule has 5 atom stereocenters. The molecule has 1 heterocycles. The summed E-state index contributed by atoms with van der Waals surface area (Å²) < 4.78 is 12.4. The first-order chi connectivity index (χ1) is 12.8. The van der Waals surface area contributed by atoms with Gasteiger partial charge in [0.05, 0.1) is 18.1 Å². The molecule has 0 aromatic rings. The van der Waals surface area contributed by atoms with Crippen molar-refractivity contribution in [1.82, 2.24) is 0 Å². The standard InChI is InChI=1S/C22H40O4Si/c1-6-10-11-13-22(5,24)14-12-17-18-15-21(23)25-19(18)16-20(17)26-27(7-2,8-3)9-4/h12,14,17-20,24H,6-11,13,15-16H2,1-5H3/b14-12+/t17-,18-,19+,20?,22-/m1/s1. The van der Waals surface area contributed by atoms with Crippen LogP contribution in [0.25, 0.3) is 0 Å². The zero-order valence-corrected chi connectivity index (χ0v) is 19.0. The number of fused-ring (bicyclic) bond motifs is 1. The Morgan fingerprint density at radius 3 is 2.48 bits per heavy atom. The van der Waals surface area contributed by atoms with E-state index in [0.717, 1.165) is 50.2 Å². The Balaban J connectivity index is 2.14. The van der Waals surface area contributed by atoms with Crippen LogP contribution in [-0.4, -0.2) is 37.2 Å². The summed E-state index contributed by atoms with van der Waals surface area (Å²) in [6, 6.07) is 3.37. The van der Waals surface area contributed by atoms with Gasteiger partial charge in [0.1, 0.15) is 6.10 Å². The molecular formula is C22H40O4Si. The summed E-state index contributed by atoms with van der Waals surface area (Å²) in [5.41, 5.74) is -0.796. The van der Waals surface area contributed by atoms with Gasteiger partial charge in [-0.25, -0.2) is 0 Å². The van der Waals surface area contributed by atoms with Crippen LogP contribution in [0, 0.1) is 11.8 Å². The van der Waals surface area contributed by atoms with Gasteiger partial charge < -0.3 is 14.3 Å². The smallest absolute Gasteiger partial charge is 0.306 e. The predicted molar refractivity (Wildman–Crippen MR) is 112 cm³/mol. The van der Waals surface area contributed by atoms with Crippen LogP contribution < -0.4 is 0 Å². The molecule has 5 heteroatoms. The van der Waals surface area contributed by atoms with E-state index >= 15 is 0 Å². The van der Waals surface area contributed by atoms with Gasteiger partial charge in [-0.2, -0.15) is 0 Å². The molecule has 0 spiro atoms. The van der Waals surface area contributed by atoms with Gasteiger partial charge in [0.2, 0.25) is 0 Å². The van der Waals surface area contributed by atoms with Crippen LogP contribution in [-0.2, 0) is 14.0 Å². The normalized spacial score (nSPS) is 30.5. The summed E-state index contributed by atoms with van der Waals surface area (Å²) >= 11 is 0. The summed E-state index contributed by atoms with van der Waals surface area (Å²) in [6.07, 6.45) is 9.59. The Morgan fingerprint density at radius 1 is 1.22 bits per heavy atom. The zero-order valence-electron chi connectivity index (χ0n) is 18.0. The SMILES string of the molecule is CCCCC[C@@](C)(O)/C=C/[C@H]1C(O[Si](CC)(CC)CC)C[C@@H]2OC(=O)C[C@@H]21. The topological polar surface area (TPSA) is 55.8 Å². The van der Waals surface area contributed by atoms with Crippen molar-refractivity contribution >= 4 is 14.3 Å². The number of esters is 1. The number of aliphatic hydroxyl groups is 1. The Kier molecular flexibility index (Phi) is 8.14. The van der Waals surface area contributed by atoms with E-state index in [4.69, 9.17) is 9.16 Å². The van der Waals surface area contributed by atoms with Crippen molar-refractivity contribution in [2.24, 2.45) is 11.8 Å². The van der Waals surface area contributed by atoms with Crippen LogP contribution in [0.15, 0.2) is 12.2 Å². The Labute approximate surface area is 166 Å². The number of carbonyl (C=O) groups excluding carboxylic acids is 1. The Morgan fingerprint density at radius 2 is 1.89 bits per heavy atom. The van der Waals surface area contributed by atoms with Crippen LogP contribution in [0.2, 0.25) is 18.1 Å². The highest BCUT2D eigenvalue weighted by molar-refractivity contribution is 6.73. The van der Waals surface area contributed by atoms with Crippen molar-refractivity contribution in [3.63, 3.8) is 0 Å². The second kappa shape index (κ2) is 9.70. The predicted octanol–water partition coefficient (Wildman–Crippen LogP) is 5.22. The molecule has 0 aromatic carbocycles. The van der Waals surface area contributed by atoms with E-state index in [1.807, 2.05) is 13.0 Å². The second-order valence-electron chi connectivity index (χ2n) is 8.78. The lowest BCUT2D eigenvalue weighted by atomic mass is 9.89. The second-order valence-corrected chi connectivity index (χ2v) is 13.5. The molecule has 1 unspecified atom stereocenters. The van der Waals surface area contributed by atoms with Crippen LogP contribution >= 0.6 is 0 Å². The highest BCUT2D eigenvalue weighted by Crippen LogP contribution is 2.45. The third kappa shape index (κ3) is 5.67. The Hall–Kier alpha value is -0.653. The van der Waals surface area contributed by atoms with Crippen molar-refractivity contribution in [3.8, 4) is 0 Å². The molecular weight excluding hydrogens is 356 g/mol. The third-order valence-electron chi connectivity index (χ3n) is 6.85. The molecule has 27 heavy (non-hydrogen) atoms. The van der Waals surface area contributed by atoms with E-state index in [-0.39, 0.29) is 30.0 Å². The molecule has 2 rings (SSSR count). The molecule has 1 aliphatic heterocycles. The third-order valence-corrected chi connectivity index (χ3v) is 11.5. The lowest BCUT2D eigenvalue weighted by Gasteiger charge is -2.34. The van der Waals surface area contributed by atoms with E-state index in [0.29, 0.717) is 6.42 Å². The molecule has 2 fully saturated rings. The maximum atomic E-state index is 11.8. The van der Waals surface area contributed by atoms with Crippen LogP contribution in [0.4, 0.5) is 0 Å². The first-order valence-corrected chi connectivity index (χ1v) is 13.6. The van der Waals surface area contributed by atoms with Crippen molar-refractivity contribution in [3.05, 3.63) is 12.2 Å². The van der Waals surface area contributed by atoms with Crippen molar-refractivity contribution < 1.29 is 19.1 Å². The summed E-state index contributed by atoms with van der Waals surface area (Å²) in [7, 11) is -1.73. The minimum atomic E-state index is -1.73. The average molecular weight is 397 g/mol. The van der Waals surface area contributed by atoms with Crippen LogP contribution in [0.3, 0.4) is 0 Å². The van der Waals surface area contributed by atoms with E-state index in [9.17, 15) is 9.90 Å². The number of hydrogen-bond acceptors (Lipinski definition) is 4. The van der Waals surface area contributed by atoms with Crippen LogP contribution in [0.1, 0.15) is 73.1 Å². The molecule has 0 aromatic heterocycles. The number of rotatable bonds is 11. The van der Waals surface area contributed by atoms with Crippen LogP contribution in [0.5, 0.6) is 0 Å². The summed E-state index contributed by atoms with van der Waals surface area (Å²) in [4.78, 5) is 11.8. The van der Waals surface area contributed by atoms with Gasteiger partial charge in [-0.1, -0.05) is 59.1 Å². The van der Waals surface area contributed by atoms with E-state index in [1.165, 1.54) is 0 Å². The van der Waals surface area contributed by atoms with Gasteiger partial charge in [0.25, 0.3) is 0 Å². The molecule has 0 radical (unpaired) electrons. The van der Waals surface area contributed by atoms with Crippen molar-refractivity contribution in [2.45, 2.75) is 109 Å². The lowest BCUT2D eigenvalue weighted by Crippen LogP contribution is -2.41. The fourth-order valence-electron chi connectivity index (χ4n) is 4.75. The first-order valence-electron chi connectivity index (χ1n) is 11.1. The number of carbonyl (C=O) groups is 1. The quantitative estimate of drug-likeness (QED) is 0.225. The Bertz CT molecular complexity index is 504. The molecule has 4 nitrogen and oxygen atoms in total. The van der Waals surface area contributed by atoms with Gasteiger partial charge >= 0.3 is 5.97 Å². The zero-order chi connectivity index (χ0) is 20.1. The summed E-state index contributed by atoms with van der Waals surface area (Å²) in [6.45, 7) is 10.8. The summed E-state index contributed by atoms with van der Waals surface area (Å²) in [5.74, 6) is 0.277. The first kappa shape index (κ1) is 22.6. The average Bonchev–Trinajstić information content (AvgIpc) is 3.13. The minimum Gasteiger partial charge on any atom is -0.462 e. The van der Waals surface area contributed by atoms with Crippen molar-refractivity contribution in [1.29, 1.82) is 0 Å². The van der Waals surface area contributed by atoms with Gasteiger partial charge in [-0.15, -0.1) is 0 Å². The van der Waals surface area contributed by atoms with Gasteiger partial charge in [-0.3, -0.25) is 4.79 Å². The monoisotopic (exact) mass is 396 g/mol. The number of hydrogen-bond donors (Lipinski definition) is 1. The molecule has 156 valence electrons. The molecule has 0 amide bonds. The highest BCUT2D eigenvalue weighted by Gasteiger charge is 2.51. The molecule has 2 aliphatic rings. The van der Waals surface area contributed by atoms with Crippen molar-refractivity contribution in [2.75, 3.05) is 0 Å². The molecule has 1 saturated carbocycles.